The molecule has 0 aromatic carbocycles. The molecule has 1 aliphatic carbocycles. The number of carbonyl (C=O) groups excluding carboxylic acids is 1. The molecule has 0 radical (unpaired) electrons. The molecule has 120 valence electrons. The zero-order chi connectivity index (χ0) is 16.0. The normalized spacial score (nSPS) is 30.2. The van der Waals surface area contributed by atoms with Crippen LogP contribution in [-0.2, 0) is 9.53 Å². The Morgan fingerprint density at radius 1 is 1.33 bits per heavy atom. The third-order valence-electron chi connectivity index (χ3n) is 4.26. The van der Waals surface area contributed by atoms with Gasteiger partial charge in [0.2, 0.25) is 0 Å². The molecule has 2 atom stereocenters. The van der Waals surface area contributed by atoms with Crippen molar-refractivity contribution in [2.24, 2.45) is 0 Å². The van der Waals surface area contributed by atoms with Gasteiger partial charge in [-0.2, -0.15) is 0 Å². The van der Waals surface area contributed by atoms with Crippen LogP contribution in [0.5, 0.6) is 0 Å². The highest BCUT2D eigenvalue weighted by atomic mass is 16.6. The van der Waals surface area contributed by atoms with Crippen molar-refractivity contribution in [3.05, 3.63) is 0 Å². The molecule has 6 nitrogen and oxygen atoms in total. The molecule has 1 saturated carbocycles. The number of hydrogen-bond acceptors (Lipinski definition) is 4. The second kappa shape index (κ2) is 5.16. The van der Waals surface area contributed by atoms with E-state index in [-0.39, 0.29) is 12.1 Å². The molecule has 6 heteroatoms. The van der Waals surface area contributed by atoms with Crippen LogP contribution in [0.3, 0.4) is 0 Å². The second-order valence-corrected chi connectivity index (χ2v) is 7.39. The van der Waals surface area contributed by atoms with Gasteiger partial charge >= 0.3 is 12.1 Å². The fourth-order valence-electron chi connectivity index (χ4n) is 3.03. The summed E-state index contributed by atoms with van der Waals surface area (Å²) < 4.78 is 5.46. The highest BCUT2D eigenvalue weighted by Gasteiger charge is 2.57. The molecule has 2 fully saturated rings. The number of carbonyl (C=O) groups is 2. The molecule has 1 heterocycles. The maximum atomic E-state index is 12.6. The molecule has 0 bridgehead atoms. The summed E-state index contributed by atoms with van der Waals surface area (Å²) in [6.07, 6.45) is 1.64. The lowest BCUT2D eigenvalue weighted by molar-refractivity contribution is -0.151. The van der Waals surface area contributed by atoms with Gasteiger partial charge in [-0.05, 0) is 54.0 Å². The predicted molar refractivity (Wildman–Crippen MR) is 78.2 cm³/mol. The van der Waals surface area contributed by atoms with Crippen LogP contribution in [0.4, 0.5) is 4.79 Å². The van der Waals surface area contributed by atoms with Crippen LogP contribution in [0.15, 0.2) is 0 Å². The summed E-state index contributed by atoms with van der Waals surface area (Å²) in [5.74, 6) is -0.934. The summed E-state index contributed by atoms with van der Waals surface area (Å²) in [5.41, 5.74) is -1.79. The highest BCUT2D eigenvalue weighted by Crippen LogP contribution is 2.40. The van der Waals surface area contributed by atoms with E-state index in [1.54, 1.807) is 20.8 Å². The summed E-state index contributed by atoms with van der Waals surface area (Å²) in [5, 5.41) is 9.82. The van der Waals surface area contributed by atoms with Crippen LogP contribution >= 0.6 is 0 Å². The summed E-state index contributed by atoms with van der Waals surface area (Å²) in [6, 6.07) is 0.124. The fourth-order valence-corrected chi connectivity index (χ4v) is 3.03. The van der Waals surface area contributed by atoms with Gasteiger partial charge in [0.25, 0.3) is 0 Å². The van der Waals surface area contributed by atoms with Crippen molar-refractivity contribution < 1.29 is 19.4 Å². The number of aliphatic carboxylic acids is 1. The van der Waals surface area contributed by atoms with Crippen molar-refractivity contribution in [2.45, 2.75) is 70.2 Å². The van der Waals surface area contributed by atoms with Gasteiger partial charge < -0.3 is 14.7 Å². The van der Waals surface area contributed by atoms with Gasteiger partial charge in [-0.15, -0.1) is 0 Å². The van der Waals surface area contributed by atoms with Gasteiger partial charge in [-0.3, -0.25) is 4.90 Å². The zero-order valence-electron chi connectivity index (χ0n) is 13.5. The third kappa shape index (κ3) is 3.15. The van der Waals surface area contributed by atoms with E-state index in [4.69, 9.17) is 4.74 Å². The molecule has 1 saturated heterocycles. The molecule has 2 rings (SSSR count). The van der Waals surface area contributed by atoms with Crippen LogP contribution in [0.1, 0.15) is 47.0 Å². The SMILES string of the molecule is CC1CC(C(=O)O)(N(C(=O)OC(C)(C)C)C2CC2)CN1C. The third-order valence-corrected chi connectivity index (χ3v) is 4.26. The first-order chi connectivity index (χ1) is 9.57. The van der Waals surface area contributed by atoms with Crippen molar-refractivity contribution in [3.63, 3.8) is 0 Å². The van der Waals surface area contributed by atoms with E-state index in [0.717, 1.165) is 12.8 Å². The largest absolute Gasteiger partial charge is 0.479 e. The minimum atomic E-state index is -1.17. The molecule has 1 N–H and O–H groups in total. The molecule has 2 unspecified atom stereocenters. The number of ether oxygens (including phenoxy) is 1. The lowest BCUT2D eigenvalue weighted by Gasteiger charge is -2.38. The molecule has 21 heavy (non-hydrogen) atoms. The number of nitrogens with zero attached hydrogens (tertiary/aromatic N) is 2. The second-order valence-electron chi connectivity index (χ2n) is 7.39. The average molecular weight is 298 g/mol. The molecule has 1 amide bonds. The van der Waals surface area contributed by atoms with Gasteiger partial charge in [0.15, 0.2) is 5.54 Å². The van der Waals surface area contributed by atoms with Gasteiger partial charge in [0.1, 0.15) is 5.60 Å². The van der Waals surface area contributed by atoms with Crippen LogP contribution in [-0.4, -0.2) is 63.8 Å². The lowest BCUT2D eigenvalue weighted by Crippen LogP contribution is -2.60. The van der Waals surface area contributed by atoms with Crippen molar-refractivity contribution in [2.75, 3.05) is 13.6 Å². The molecule has 0 aromatic heterocycles. The van der Waals surface area contributed by atoms with Crippen LogP contribution in [0.25, 0.3) is 0 Å². The Kier molecular flexibility index (Phi) is 3.95. The maximum absolute atomic E-state index is 12.6. The Bertz CT molecular complexity index is 429. The van der Waals surface area contributed by atoms with E-state index in [9.17, 15) is 14.7 Å². The quantitative estimate of drug-likeness (QED) is 0.862. The van der Waals surface area contributed by atoms with Crippen molar-refractivity contribution in [1.29, 1.82) is 0 Å². The van der Waals surface area contributed by atoms with Crippen molar-refractivity contribution in [1.82, 2.24) is 9.80 Å². The monoisotopic (exact) mass is 298 g/mol. The molecule has 2 aliphatic rings. The Morgan fingerprint density at radius 3 is 2.24 bits per heavy atom. The van der Waals surface area contributed by atoms with E-state index in [0.29, 0.717) is 13.0 Å². The van der Waals surface area contributed by atoms with E-state index in [1.807, 2.05) is 18.9 Å². The van der Waals surface area contributed by atoms with Gasteiger partial charge in [0, 0.05) is 18.6 Å². The summed E-state index contributed by atoms with van der Waals surface area (Å²) in [7, 11) is 1.90. The Labute approximate surface area is 126 Å². The summed E-state index contributed by atoms with van der Waals surface area (Å²) in [6.45, 7) is 7.73. The first kappa shape index (κ1) is 16.1. The predicted octanol–water partition coefficient (Wildman–Crippen LogP) is 1.93. The Hall–Kier alpha value is -1.30. The Morgan fingerprint density at radius 2 is 1.90 bits per heavy atom. The van der Waals surface area contributed by atoms with Crippen LogP contribution < -0.4 is 0 Å². The number of hydrogen-bond donors (Lipinski definition) is 1. The number of rotatable bonds is 3. The number of likely N-dealkylation sites (tertiary alicyclic amines) is 1. The standard InChI is InChI=1S/C15H26N2O4/c1-10-8-15(12(18)19,9-16(10)5)17(11-6-7-11)13(20)21-14(2,3)4/h10-11H,6-9H2,1-5H3,(H,18,19). The van der Waals surface area contributed by atoms with Gasteiger partial charge in [0.05, 0.1) is 0 Å². The minimum Gasteiger partial charge on any atom is -0.479 e. The molecule has 0 spiro atoms. The van der Waals surface area contributed by atoms with Crippen molar-refractivity contribution in [3.8, 4) is 0 Å². The Balaban J connectivity index is 2.31. The van der Waals surface area contributed by atoms with E-state index in [2.05, 4.69) is 0 Å². The number of carboxylic acids is 1. The highest BCUT2D eigenvalue weighted by molar-refractivity contribution is 5.86. The van der Waals surface area contributed by atoms with Crippen LogP contribution in [0, 0.1) is 0 Å². The molecular formula is C15H26N2O4. The summed E-state index contributed by atoms with van der Waals surface area (Å²) >= 11 is 0. The van der Waals surface area contributed by atoms with Crippen LogP contribution in [0.2, 0.25) is 0 Å². The number of likely N-dealkylation sites (N-methyl/N-ethyl adjacent to an activating group) is 1. The topological polar surface area (TPSA) is 70.1 Å². The van der Waals surface area contributed by atoms with Gasteiger partial charge in [-0.25, -0.2) is 9.59 Å². The van der Waals surface area contributed by atoms with E-state index >= 15 is 0 Å². The average Bonchev–Trinajstić information content (AvgIpc) is 3.05. The minimum absolute atomic E-state index is 0.00495. The molecule has 0 aromatic rings. The molecular weight excluding hydrogens is 272 g/mol. The van der Waals surface area contributed by atoms with E-state index < -0.39 is 23.2 Å². The molecule has 1 aliphatic heterocycles. The first-order valence-corrected chi connectivity index (χ1v) is 7.53. The summed E-state index contributed by atoms with van der Waals surface area (Å²) in [4.78, 5) is 28.0. The fraction of sp³-hybridized carbons (Fsp3) is 0.867. The number of carboxylic acid groups (broad SMARTS) is 1. The smallest absolute Gasteiger partial charge is 0.411 e. The lowest BCUT2D eigenvalue weighted by atomic mass is 9.94. The first-order valence-electron chi connectivity index (χ1n) is 7.53. The number of amides is 1. The maximum Gasteiger partial charge on any atom is 0.411 e. The van der Waals surface area contributed by atoms with E-state index in [1.165, 1.54) is 4.90 Å². The van der Waals surface area contributed by atoms with Crippen molar-refractivity contribution >= 4 is 12.1 Å². The zero-order valence-corrected chi connectivity index (χ0v) is 13.5. The van der Waals surface area contributed by atoms with Gasteiger partial charge in [-0.1, -0.05) is 0 Å².